The fraction of sp³-hybridized carbons (Fsp3) is 0.294. The van der Waals surface area contributed by atoms with Gasteiger partial charge in [-0.3, -0.25) is 4.55 Å². The number of hydrogen-bond donors (Lipinski definition) is 2. The van der Waals surface area contributed by atoms with Crippen molar-refractivity contribution in [1.29, 1.82) is 0 Å². The van der Waals surface area contributed by atoms with Gasteiger partial charge in [0.25, 0.3) is 10.1 Å². The first kappa shape index (κ1) is 30.7. The van der Waals surface area contributed by atoms with E-state index in [1.54, 1.807) is 0 Å². The maximum Gasteiger partial charge on any atom is 0.264 e. The third-order valence-electron chi connectivity index (χ3n) is 7.21. The summed E-state index contributed by atoms with van der Waals surface area (Å²) < 4.78 is 31.4. The molecule has 0 aliphatic heterocycles. The summed E-state index contributed by atoms with van der Waals surface area (Å²) in [7, 11) is -3.95. The quantitative estimate of drug-likeness (QED) is 0.0877. The van der Waals surface area contributed by atoms with E-state index in [1.807, 2.05) is 0 Å². The largest absolute Gasteiger partial charge is 0.341 e. The van der Waals surface area contributed by atoms with Gasteiger partial charge in [0, 0.05) is 35.8 Å². The molecule has 4 rings (SSSR count). The minimum absolute atomic E-state index is 0.222. The lowest BCUT2D eigenvalue weighted by atomic mass is 10.0. The molecule has 0 unspecified atom stereocenters. The molecule has 216 valence electrons. The third kappa shape index (κ3) is 9.12. The van der Waals surface area contributed by atoms with Crippen molar-refractivity contribution < 1.29 is 13.0 Å². The normalized spacial score (nSPS) is 11.4. The number of aryl methyl sites for hydroxylation is 2. The maximum atomic E-state index is 11.2. The summed E-state index contributed by atoms with van der Waals surface area (Å²) in [4.78, 5) is 4.57. The van der Waals surface area contributed by atoms with Crippen molar-refractivity contribution in [3.8, 4) is 11.1 Å². The lowest BCUT2D eigenvalue weighted by Crippen LogP contribution is -2.19. The summed E-state index contributed by atoms with van der Waals surface area (Å²) in [6, 6.07) is 34.2. The Labute approximate surface area is 251 Å². The van der Waals surface area contributed by atoms with Crippen molar-refractivity contribution in [3.63, 3.8) is 0 Å². The number of benzene rings is 4. The highest BCUT2D eigenvalue weighted by atomic mass is 32.2. The number of rotatable bonds is 14. The molecule has 7 heteroatoms. The van der Waals surface area contributed by atoms with Crippen LogP contribution in [0.1, 0.15) is 36.8 Å². The molecule has 0 amide bonds. The average molecular weight is 589 g/mol. The molecule has 0 aliphatic carbocycles. The molecular weight excluding hydrogens is 549 g/mol. The Bertz CT molecular complexity index is 1470. The summed E-state index contributed by atoms with van der Waals surface area (Å²) in [5.74, 6) is 0.669. The molecule has 0 heterocycles. The van der Waals surface area contributed by atoms with E-state index in [0.29, 0.717) is 19.4 Å². The summed E-state index contributed by atoms with van der Waals surface area (Å²) in [5.41, 5.74) is 9.17. The fourth-order valence-corrected chi connectivity index (χ4v) is 5.66. The van der Waals surface area contributed by atoms with Gasteiger partial charge >= 0.3 is 0 Å². The van der Waals surface area contributed by atoms with Crippen molar-refractivity contribution in [2.75, 3.05) is 34.4 Å². The molecule has 0 aliphatic rings. The topological polar surface area (TPSA) is 60.9 Å². The zero-order valence-corrected chi connectivity index (χ0v) is 25.6. The molecule has 0 saturated carbocycles. The summed E-state index contributed by atoms with van der Waals surface area (Å²) in [6.07, 6.45) is 3.20. The molecule has 41 heavy (non-hydrogen) atoms. The molecule has 0 atom stereocenters. The van der Waals surface area contributed by atoms with Crippen LogP contribution in [0.15, 0.2) is 97.1 Å². The van der Waals surface area contributed by atoms with E-state index in [0.717, 1.165) is 47.6 Å². The summed E-state index contributed by atoms with van der Waals surface area (Å²) in [6.45, 7) is 5.76. The Hall–Kier alpha value is -3.26. The summed E-state index contributed by atoms with van der Waals surface area (Å²) >= 11 is 4.39. The molecule has 4 aromatic carbocycles. The Morgan fingerprint density at radius 2 is 0.902 bits per heavy atom. The van der Waals surface area contributed by atoms with E-state index in [-0.39, 0.29) is 5.75 Å². The van der Waals surface area contributed by atoms with E-state index in [9.17, 15) is 8.42 Å². The molecule has 0 spiro atoms. The first-order valence-corrected chi connectivity index (χ1v) is 16.4. The Morgan fingerprint density at radius 1 is 0.561 bits per heavy atom. The fourth-order valence-electron chi connectivity index (χ4n) is 4.87. The molecule has 5 nitrogen and oxygen atoms in total. The molecule has 0 saturated heterocycles. The van der Waals surface area contributed by atoms with Gasteiger partial charge in [0.2, 0.25) is 0 Å². The number of unbranched alkanes of at least 4 members (excludes halogenated alkanes) is 2. The van der Waals surface area contributed by atoms with Crippen LogP contribution in [0.5, 0.6) is 0 Å². The van der Waals surface area contributed by atoms with Crippen LogP contribution in [0.3, 0.4) is 0 Å². The zero-order chi connectivity index (χ0) is 29.2. The van der Waals surface area contributed by atoms with Crippen LogP contribution in [0.4, 0.5) is 22.7 Å². The van der Waals surface area contributed by atoms with Crippen molar-refractivity contribution in [3.05, 3.63) is 108 Å². The lowest BCUT2D eigenvalue weighted by Gasteiger charge is -2.26. The highest BCUT2D eigenvalue weighted by Crippen LogP contribution is 2.32. The molecule has 0 fully saturated rings. The maximum absolute atomic E-state index is 11.2. The molecule has 0 aromatic heterocycles. The Morgan fingerprint density at radius 3 is 1.24 bits per heavy atom. The minimum atomic E-state index is -3.95. The van der Waals surface area contributed by atoms with Crippen LogP contribution in [-0.4, -0.2) is 37.6 Å². The van der Waals surface area contributed by atoms with E-state index >= 15 is 0 Å². The van der Waals surface area contributed by atoms with Gasteiger partial charge in [0.15, 0.2) is 0 Å². The first-order valence-electron chi connectivity index (χ1n) is 14.2. The molecule has 0 bridgehead atoms. The van der Waals surface area contributed by atoms with Crippen LogP contribution in [0, 0.1) is 13.8 Å². The van der Waals surface area contributed by atoms with Gasteiger partial charge in [-0.2, -0.15) is 21.0 Å². The lowest BCUT2D eigenvalue weighted by molar-refractivity contribution is 0.480. The van der Waals surface area contributed by atoms with Gasteiger partial charge in [0.05, 0.1) is 5.75 Å². The van der Waals surface area contributed by atoms with Crippen molar-refractivity contribution in [2.24, 2.45) is 0 Å². The highest BCUT2D eigenvalue weighted by Gasteiger charge is 2.13. The number of anilines is 4. The van der Waals surface area contributed by atoms with E-state index in [4.69, 9.17) is 4.55 Å². The standard InChI is InChI=1S/C34H40N2O3S2/c1-27-7-15-31(16-8-27)35(23-3-5-25-40)33-19-11-29(12-20-33)30-13-21-34(22-14-30)36(24-4-6-26-41(37,38)39)32-17-9-28(2)10-18-32/h7-22,40H,3-6,23-26H2,1-2H3,(H,37,38,39). The third-order valence-corrected chi connectivity index (χ3v) is 8.33. The van der Waals surface area contributed by atoms with Crippen molar-refractivity contribution >= 4 is 45.5 Å². The first-order chi connectivity index (χ1) is 19.7. The van der Waals surface area contributed by atoms with E-state index in [1.165, 1.54) is 22.5 Å². The van der Waals surface area contributed by atoms with Crippen LogP contribution >= 0.6 is 12.6 Å². The number of hydrogen-bond acceptors (Lipinski definition) is 5. The van der Waals surface area contributed by atoms with Crippen LogP contribution in [-0.2, 0) is 10.1 Å². The highest BCUT2D eigenvalue weighted by molar-refractivity contribution is 7.85. The monoisotopic (exact) mass is 588 g/mol. The number of nitrogens with zero attached hydrogens (tertiary/aromatic N) is 2. The second-order valence-electron chi connectivity index (χ2n) is 10.5. The summed E-state index contributed by atoms with van der Waals surface area (Å²) in [5, 5.41) is 0. The molecule has 4 aromatic rings. The van der Waals surface area contributed by atoms with Gasteiger partial charge in [-0.15, -0.1) is 0 Å². The van der Waals surface area contributed by atoms with Gasteiger partial charge in [-0.05, 0) is 105 Å². The van der Waals surface area contributed by atoms with Gasteiger partial charge in [-0.25, -0.2) is 0 Å². The van der Waals surface area contributed by atoms with Crippen molar-refractivity contribution in [2.45, 2.75) is 39.5 Å². The van der Waals surface area contributed by atoms with E-state index in [2.05, 4.69) is 133 Å². The van der Waals surface area contributed by atoms with Crippen LogP contribution in [0.2, 0.25) is 0 Å². The second-order valence-corrected chi connectivity index (χ2v) is 12.5. The predicted octanol–water partition coefficient (Wildman–Crippen LogP) is 8.62. The van der Waals surface area contributed by atoms with Gasteiger partial charge in [-0.1, -0.05) is 59.7 Å². The van der Waals surface area contributed by atoms with Gasteiger partial charge in [0.1, 0.15) is 0 Å². The Kier molecular flexibility index (Phi) is 10.9. The van der Waals surface area contributed by atoms with Gasteiger partial charge < -0.3 is 9.80 Å². The SMILES string of the molecule is Cc1ccc(N(CCCCS)c2ccc(-c3ccc(N(CCCCS(=O)(=O)O)c4ccc(C)cc4)cc3)cc2)cc1. The van der Waals surface area contributed by atoms with Crippen LogP contribution in [0.25, 0.3) is 11.1 Å². The smallest absolute Gasteiger partial charge is 0.264 e. The predicted molar refractivity (Wildman–Crippen MR) is 177 cm³/mol. The number of thiol groups is 1. The van der Waals surface area contributed by atoms with Crippen LogP contribution < -0.4 is 9.80 Å². The average Bonchev–Trinajstić information content (AvgIpc) is 2.97. The second kappa shape index (κ2) is 14.6. The molecule has 0 radical (unpaired) electrons. The van der Waals surface area contributed by atoms with Crippen molar-refractivity contribution in [1.82, 2.24) is 0 Å². The van der Waals surface area contributed by atoms with E-state index < -0.39 is 10.1 Å². The Balaban J connectivity index is 1.52. The molecule has 1 N–H and O–H groups in total. The minimum Gasteiger partial charge on any atom is -0.341 e. The zero-order valence-electron chi connectivity index (χ0n) is 23.9. The molecular formula is C34H40N2O3S2.